The molecule has 0 N–H and O–H groups in total. The van der Waals surface area contributed by atoms with Gasteiger partial charge in [0.1, 0.15) is 5.69 Å². The maximum Gasteiger partial charge on any atom is 0.165 e. The van der Waals surface area contributed by atoms with Gasteiger partial charge in [0.2, 0.25) is 0 Å². The van der Waals surface area contributed by atoms with E-state index in [9.17, 15) is 0 Å². The monoisotopic (exact) mass is 700 g/mol. The molecule has 0 atom stereocenters. The molecule has 0 fully saturated rings. The minimum absolute atomic E-state index is 0.108. The van der Waals surface area contributed by atoms with Gasteiger partial charge < -0.3 is 4.40 Å². The zero-order valence-corrected chi connectivity index (χ0v) is 30.3. The highest BCUT2D eigenvalue weighted by Gasteiger charge is 2.36. The molecule has 8 aromatic carbocycles. The number of para-hydroxylation sites is 1. The Bertz CT molecular complexity index is 3620. The van der Waals surface area contributed by atoms with E-state index in [1.807, 2.05) is 0 Å². The van der Waals surface area contributed by atoms with Crippen molar-refractivity contribution in [1.82, 2.24) is 18.9 Å². The Kier molecular flexibility index (Phi) is 5.42. The first-order valence-corrected chi connectivity index (χ1v) is 19.1. The third kappa shape index (κ3) is 3.62. The third-order valence-electron chi connectivity index (χ3n) is 12.6. The van der Waals surface area contributed by atoms with Gasteiger partial charge in [0.05, 0.1) is 38.6 Å². The summed E-state index contributed by atoms with van der Waals surface area (Å²) in [5.74, 6) is 0.832. The summed E-state index contributed by atoms with van der Waals surface area (Å²) in [7, 11) is 0. The molecule has 0 amide bonds. The normalized spacial score (nSPS) is 13.8. The fraction of sp³-hybridized carbons (Fsp3) is 0.0588. The molecule has 0 saturated carbocycles. The molecule has 13 rings (SSSR count). The Labute approximate surface area is 315 Å². The summed E-state index contributed by atoms with van der Waals surface area (Å²) in [6.07, 6.45) is 0. The molecule has 0 unspecified atom stereocenters. The summed E-state index contributed by atoms with van der Waals surface area (Å²) in [5.41, 5.74) is 15.0. The van der Waals surface area contributed by atoms with Gasteiger partial charge in [0.15, 0.2) is 5.82 Å². The van der Waals surface area contributed by atoms with Gasteiger partial charge in [-0.25, -0.2) is 9.97 Å². The van der Waals surface area contributed by atoms with E-state index >= 15 is 0 Å². The van der Waals surface area contributed by atoms with Crippen LogP contribution in [0.3, 0.4) is 0 Å². The van der Waals surface area contributed by atoms with Crippen LogP contribution in [-0.2, 0) is 5.41 Å². The fourth-order valence-electron chi connectivity index (χ4n) is 10.2. The SMILES string of the molecule is CC1(C)c2ccccc2-c2cc3c4cccc5c6cccc7c6c6c(cccc6n(c3cc21)c54)n7-c1nc2c(ccc3ccccc32)nc1-c1ccccc1. The lowest BCUT2D eigenvalue weighted by Crippen LogP contribution is -2.14. The first-order valence-electron chi connectivity index (χ1n) is 19.1. The van der Waals surface area contributed by atoms with E-state index in [0.717, 1.165) is 49.9 Å². The van der Waals surface area contributed by atoms with E-state index in [1.165, 1.54) is 71.1 Å². The van der Waals surface area contributed by atoms with Crippen molar-refractivity contribution < 1.29 is 0 Å². The van der Waals surface area contributed by atoms with Crippen molar-refractivity contribution in [3.05, 3.63) is 169 Å². The van der Waals surface area contributed by atoms with Crippen molar-refractivity contribution in [3.8, 4) is 28.2 Å². The number of benzene rings is 8. The third-order valence-corrected chi connectivity index (χ3v) is 12.6. The van der Waals surface area contributed by atoms with Crippen LogP contribution in [-0.4, -0.2) is 18.9 Å². The van der Waals surface area contributed by atoms with Crippen molar-refractivity contribution in [1.29, 1.82) is 0 Å². The summed E-state index contributed by atoms with van der Waals surface area (Å²) in [5, 5.41) is 9.77. The lowest BCUT2D eigenvalue weighted by molar-refractivity contribution is 0.661. The number of fused-ring (bicyclic) bond motifs is 11. The Morgan fingerprint density at radius 1 is 0.473 bits per heavy atom. The van der Waals surface area contributed by atoms with Crippen LogP contribution < -0.4 is 0 Å². The highest BCUT2D eigenvalue weighted by Crippen LogP contribution is 2.52. The Balaban J connectivity index is 1.23. The molecule has 0 saturated heterocycles. The maximum atomic E-state index is 5.62. The highest BCUT2D eigenvalue weighted by molar-refractivity contribution is 6.31. The molecule has 55 heavy (non-hydrogen) atoms. The van der Waals surface area contributed by atoms with Crippen LogP contribution in [0.15, 0.2) is 158 Å². The molecule has 0 bridgehead atoms. The molecule has 1 aliphatic carbocycles. The second kappa shape index (κ2) is 10.1. The van der Waals surface area contributed by atoms with Crippen LogP contribution in [0.1, 0.15) is 25.0 Å². The molecular weight excluding hydrogens is 669 g/mol. The average Bonchev–Trinajstić information content (AvgIpc) is 3.79. The van der Waals surface area contributed by atoms with Crippen LogP contribution in [0, 0.1) is 0 Å². The summed E-state index contributed by atoms with van der Waals surface area (Å²) < 4.78 is 4.94. The Morgan fingerprint density at radius 3 is 2.05 bits per heavy atom. The lowest BCUT2D eigenvalue weighted by Gasteiger charge is -2.21. The molecule has 4 nitrogen and oxygen atoms in total. The van der Waals surface area contributed by atoms with Crippen LogP contribution in [0.5, 0.6) is 0 Å². The minimum atomic E-state index is -0.108. The maximum absolute atomic E-state index is 5.62. The van der Waals surface area contributed by atoms with Gasteiger partial charge in [-0.1, -0.05) is 135 Å². The van der Waals surface area contributed by atoms with Gasteiger partial charge >= 0.3 is 0 Å². The van der Waals surface area contributed by atoms with E-state index in [0.29, 0.717) is 0 Å². The summed E-state index contributed by atoms with van der Waals surface area (Å²) in [4.78, 5) is 11.0. The predicted molar refractivity (Wildman–Crippen MR) is 229 cm³/mol. The first kappa shape index (κ1) is 29.4. The molecule has 1 aliphatic rings. The topological polar surface area (TPSA) is 35.1 Å². The van der Waals surface area contributed by atoms with Crippen LogP contribution in [0.25, 0.3) is 110 Å². The number of rotatable bonds is 2. The summed E-state index contributed by atoms with van der Waals surface area (Å²) in [6.45, 7) is 4.75. The molecular formula is C51H32N4. The lowest BCUT2D eigenvalue weighted by atomic mass is 9.82. The van der Waals surface area contributed by atoms with Crippen molar-refractivity contribution >= 4 is 81.7 Å². The van der Waals surface area contributed by atoms with Crippen LogP contribution in [0.2, 0.25) is 0 Å². The standard InChI is InChI=1S/C51H32N4/c1-51(2)38-21-9-8-17-32(38)36-27-37-35-20-10-19-34-33-18-11-22-41-45(33)46-42(54(49(34)35)44(37)28-39(36)51)23-12-24-43(46)55(41)50-47(30-14-4-3-5-15-30)52-40-26-25-29-13-6-7-16-31(29)48(40)53-50/h3-28H,1-2H3. The Hall–Kier alpha value is -7.04. The van der Waals surface area contributed by atoms with Gasteiger partial charge in [-0.3, -0.25) is 4.57 Å². The van der Waals surface area contributed by atoms with E-state index in [-0.39, 0.29) is 5.41 Å². The number of hydrogen-bond acceptors (Lipinski definition) is 2. The molecule has 0 spiro atoms. The van der Waals surface area contributed by atoms with Gasteiger partial charge in [0.25, 0.3) is 0 Å². The zero-order valence-electron chi connectivity index (χ0n) is 30.3. The van der Waals surface area contributed by atoms with Crippen molar-refractivity contribution in [2.75, 3.05) is 0 Å². The average molecular weight is 701 g/mol. The number of aromatic nitrogens is 4. The quantitative estimate of drug-likeness (QED) is 0.168. The fourth-order valence-corrected chi connectivity index (χ4v) is 10.2. The van der Waals surface area contributed by atoms with Crippen molar-refractivity contribution in [2.24, 2.45) is 0 Å². The van der Waals surface area contributed by atoms with Gasteiger partial charge in [-0.2, -0.15) is 0 Å². The van der Waals surface area contributed by atoms with E-state index < -0.39 is 0 Å². The number of nitrogens with zero attached hydrogens (tertiary/aromatic N) is 4. The van der Waals surface area contributed by atoms with Crippen molar-refractivity contribution in [3.63, 3.8) is 0 Å². The van der Waals surface area contributed by atoms with Crippen LogP contribution >= 0.6 is 0 Å². The second-order valence-corrected chi connectivity index (χ2v) is 15.7. The molecule has 4 aromatic heterocycles. The van der Waals surface area contributed by atoms with Gasteiger partial charge in [-0.15, -0.1) is 0 Å². The Morgan fingerprint density at radius 2 is 1.16 bits per heavy atom. The smallest absolute Gasteiger partial charge is 0.165 e. The zero-order chi connectivity index (χ0) is 36.2. The first-order chi connectivity index (χ1) is 27.1. The highest BCUT2D eigenvalue weighted by atomic mass is 15.1. The minimum Gasteiger partial charge on any atom is -0.308 e. The summed E-state index contributed by atoms with van der Waals surface area (Å²) in [6, 6.07) is 57.6. The number of hydrogen-bond donors (Lipinski definition) is 0. The molecule has 4 heterocycles. The van der Waals surface area contributed by atoms with E-state index in [1.54, 1.807) is 0 Å². The summed E-state index contributed by atoms with van der Waals surface area (Å²) >= 11 is 0. The van der Waals surface area contributed by atoms with E-state index in [4.69, 9.17) is 9.97 Å². The molecule has 4 heteroatoms. The largest absolute Gasteiger partial charge is 0.308 e. The van der Waals surface area contributed by atoms with Gasteiger partial charge in [-0.05, 0) is 69.4 Å². The molecule has 256 valence electrons. The predicted octanol–water partition coefficient (Wildman–Crippen LogP) is 13.0. The van der Waals surface area contributed by atoms with Crippen LogP contribution in [0.4, 0.5) is 0 Å². The van der Waals surface area contributed by atoms with Gasteiger partial charge in [0, 0.05) is 43.3 Å². The van der Waals surface area contributed by atoms with Crippen molar-refractivity contribution in [2.45, 2.75) is 19.3 Å². The molecule has 12 aromatic rings. The molecule has 0 aliphatic heterocycles. The van der Waals surface area contributed by atoms with E-state index in [2.05, 4.69) is 181 Å². The second-order valence-electron chi connectivity index (χ2n) is 15.7. The molecule has 0 radical (unpaired) electrons.